The fourth-order valence-corrected chi connectivity index (χ4v) is 1.81. The normalized spacial score (nSPS) is 14.4. The van der Waals surface area contributed by atoms with Gasteiger partial charge in [-0.2, -0.15) is 0 Å². The Morgan fingerprint density at radius 2 is 1.94 bits per heavy atom. The van der Waals surface area contributed by atoms with E-state index in [4.69, 9.17) is 4.74 Å². The molecule has 0 spiro atoms. The van der Waals surface area contributed by atoms with Crippen molar-refractivity contribution in [1.29, 1.82) is 0 Å². The van der Waals surface area contributed by atoms with Gasteiger partial charge in [0.15, 0.2) is 0 Å². The monoisotopic (exact) mass is 225 g/mol. The van der Waals surface area contributed by atoms with Crippen LogP contribution in [0.1, 0.15) is 47.5 Å². The van der Waals surface area contributed by atoms with Gasteiger partial charge in [0.1, 0.15) is 0 Å². The lowest BCUT2D eigenvalue weighted by atomic mass is 9.97. The lowest BCUT2D eigenvalue weighted by Crippen LogP contribution is -2.44. The molecule has 0 aromatic carbocycles. The third-order valence-electron chi connectivity index (χ3n) is 2.57. The maximum Gasteiger partial charge on any atom is 0.0760 e. The molecule has 0 saturated carbocycles. The van der Waals surface area contributed by atoms with Gasteiger partial charge in [0, 0.05) is 19.1 Å². The van der Waals surface area contributed by atoms with Crippen molar-refractivity contribution in [3.63, 3.8) is 0 Å². The van der Waals surface area contributed by atoms with Crippen molar-refractivity contribution in [2.75, 3.05) is 13.2 Å². The van der Waals surface area contributed by atoms with Gasteiger partial charge in [0.05, 0.1) is 6.10 Å². The SMILES string of the molecule is CC#CCC(NCCC)C(OCC)C(C)C. The van der Waals surface area contributed by atoms with E-state index >= 15 is 0 Å². The van der Waals surface area contributed by atoms with Crippen molar-refractivity contribution in [3.05, 3.63) is 0 Å². The minimum atomic E-state index is 0.261. The van der Waals surface area contributed by atoms with Gasteiger partial charge in [0.2, 0.25) is 0 Å². The second kappa shape index (κ2) is 9.69. The van der Waals surface area contributed by atoms with Gasteiger partial charge in [-0.3, -0.25) is 0 Å². The van der Waals surface area contributed by atoms with Crippen LogP contribution < -0.4 is 5.32 Å². The topological polar surface area (TPSA) is 21.3 Å². The molecule has 2 unspecified atom stereocenters. The zero-order chi connectivity index (χ0) is 12.4. The van der Waals surface area contributed by atoms with E-state index in [1.807, 2.05) is 6.92 Å². The van der Waals surface area contributed by atoms with Crippen LogP contribution in [0.5, 0.6) is 0 Å². The number of ether oxygens (including phenoxy) is 1. The quantitative estimate of drug-likeness (QED) is 0.641. The molecule has 0 fully saturated rings. The van der Waals surface area contributed by atoms with E-state index in [0.29, 0.717) is 12.0 Å². The van der Waals surface area contributed by atoms with Crippen LogP contribution in [-0.2, 0) is 4.74 Å². The summed E-state index contributed by atoms with van der Waals surface area (Å²) in [6, 6.07) is 0.354. The van der Waals surface area contributed by atoms with E-state index in [1.54, 1.807) is 0 Å². The van der Waals surface area contributed by atoms with Crippen LogP contribution in [0.4, 0.5) is 0 Å². The van der Waals surface area contributed by atoms with Gasteiger partial charge in [0.25, 0.3) is 0 Å². The average Bonchev–Trinajstić information content (AvgIpc) is 2.26. The summed E-state index contributed by atoms with van der Waals surface area (Å²) in [5, 5.41) is 3.54. The van der Waals surface area contributed by atoms with Gasteiger partial charge < -0.3 is 10.1 Å². The molecule has 0 aliphatic carbocycles. The van der Waals surface area contributed by atoms with Crippen LogP contribution in [0.3, 0.4) is 0 Å². The molecule has 0 heterocycles. The van der Waals surface area contributed by atoms with E-state index in [1.165, 1.54) is 0 Å². The van der Waals surface area contributed by atoms with E-state index in [2.05, 4.69) is 44.9 Å². The fourth-order valence-electron chi connectivity index (χ4n) is 1.81. The Bertz CT molecular complexity index is 215. The zero-order valence-electron chi connectivity index (χ0n) is 11.5. The van der Waals surface area contributed by atoms with Gasteiger partial charge in [-0.15, -0.1) is 11.8 Å². The van der Waals surface area contributed by atoms with Crippen LogP contribution in [0.25, 0.3) is 0 Å². The highest BCUT2D eigenvalue weighted by Crippen LogP contribution is 2.14. The first-order valence-electron chi connectivity index (χ1n) is 6.41. The molecule has 94 valence electrons. The highest BCUT2D eigenvalue weighted by molar-refractivity contribution is 5.00. The Morgan fingerprint density at radius 3 is 2.38 bits per heavy atom. The largest absolute Gasteiger partial charge is 0.377 e. The Morgan fingerprint density at radius 1 is 1.25 bits per heavy atom. The van der Waals surface area contributed by atoms with Gasteiger partial charge in [-0.1, -0.05) is 20.8 Å². The van der Waals surface area contributed by atoms with Crippen LogP contribution in [0.2, 0.25) is 0 Å². The van der Waals surface area contributed by atoms with Crippen LogP contribution in [-0.4, -0.2) is 25.3 Å². The van der Waals surface area contributed by atoms with Gasteiger partial charge in [-0.25, -0.2) is 0 Å². The van der Waals surface area contributed by atoms with Crippen molar-refractivity contribution < 1.29 is 4.74 Å². The van der Waals surface area contributed by atoms with E-state index in [-0.39, 0.29) is 6.10 Å². The maximum atomic E-state index is 5.83. The number of nitrogens with one attached hydrogen (secondary N) is 1. The summed E-state index contributed by atoms with van der Waals surface area (Å²) in [5.41, 5.74) is 0. The fraction of sp³-hybridized carbons (Fsp3) is 0.857. The first kappa shape index (κ1) is 15.5. The average molecular weight is 225 g/mol. The van der Waals surface area contributed by atoms with Crippen molar-refractivity contribution >= 4 is 0 Å². The third-order valence-corrected chi connectivity index (χ3v) is 2.57. The summed E-state index contributed by atoms with van der Waals surface area (Å²) in [4.78, 5) is 0. The molecule has 2 atom stereocenters. The molecule has 0 bridgehead atoms. The Labute approximate surface area is 101 Å². The van der Waals surface area contributed by atoms with Crippen LogP contribution in [0, 0.1) is 17.8 Å². The number of rotatable bonds is 8. The number of hydrogen-bond acceptors (Lipinski definition) is 2. The molecule has 0 amide bonds. The summed E-state index contributed by atoms with van der Waals surface area (Å²) in [7, 11) is 0. The second-order valence-corrected chi connectivity index (χ2v) is 4.36. The lowest BCUT2D eigenvalue weighted by Gasteiger charge is -2.29. The standard InChI is InChI=1S/C14H27NO/c1-6-9-10-13(15-11-7-2)14(12(4)5)16-8-3/h12-15H,7-8,10-11H2,1-5H3. The van der Waals surface area contributed by atoms with Crippen molar-refractivity contribution in [2.45, 2.75) is 59.6 Å². The third kappa shape index (κ3) is 6.15. The summed E-state index contributed by atoms with van der Waals surface area (Å²) < 4.78 is 5.83. The van der Waals surface area contributed by atoms with Crippen molar-refractivity contribution in [1.82, 2.24) is 5.32 Å². The highest BCUT2D eigenvalue weighted by atomic mass is 16.5. The zero-order valence-corrected chi connectivity index (χ0v) is 11.5. The molecule has 2 heteroatoms. The van der Waals surface area contributed by atoms with Crippen LogP contribution >= 0.6 is 0 Å². The molecule has 0 aliphatic rings. The highest BCUT2D eigenvalue weighted by Gasteiger charge is 2.23. The minimum Gasteiger partial charge on any atom is -0.377 e. The molecule has 2 nitrogen and oxygen atoms in total. The van der Waals surface area contributed by atoms with Crippen molar-refractivity contribution in [2.24, 2.45) is 5.92 Å². The molecule has 0 radical (unpaired) electrons. The Balaban J connectivity index is 4.43. The molecule has 0 saturated heterocycles. The van der Waals surface area contributed by atoms with Crippen molar-refractivity contribution in [3.8, 4) is 11.8 Å². The maximum absolute atomic E-state index is 5.83. The summed E-state index contributed by atoms with van der Waals surface area (Å²) >= 11 is 0. The first-order valence-corrected chi connectivity index (χ1v) is 6.41. The molecular formula is C14H27NO. The van der Waals surface area contributed by atoms with E-state index < -0.39 is 0 Å². The van der Waals surface area contributed by atoms with E-state index in [0.717, 1.165) is 26.0 Å². The molecular weight excluding hydrogens is 198 g/mol. The Kier molecular flexibility index (Phi) is 9.37. The smallest absolute Gasteiger partial charge is 0.0760 e. The van der Waals surface area contributed by atoms with Gasteiger partial charge in [-0.05, 0) is 32.7 Å². The van der Waals surface area contributed by atoms with Crippen LogP contribution in [0.15, 0.2) is 0 Å². The second-order valence-electron chi connectivity index (χ2n) is 4.36. The molecule has 0 aromatic heterocycles. The summed E-state index contributed by atoms with van der Waals surface area (Å²) in [6.07, 6.45) is 2.28. The molecule has 16 heavy (non-hydrogen) atoms. The molecule has 0 aliphatic heterocycles. The number of hydrogen-bond donors (Lipinski definition) is 1. The molecule has 0 rings (SSSR count). The Hall–Kier alpha value is -0.520. The first-order chi connectivity index (χ1) is 7.67. The lowest BCUT2D eigenvalue weighted by molar-refractivity contribution is 0.00474. The summed E-state index contributed by atoms with van der Waals surface area (Å²) in [6.45, 7) is 12.3. The summed E-state index contributed by atoms with van der Waals surface area (Å²) in [5.74, 6) is 6.64. The molecule has 1 N–H and O–H groups in total. The van der Waals surface area contributed by atoms with Gasteiger partial charge >= 0.3 is 0 Å². The minimum absolute atomic E-state index is 0.261. The predicted molar refractivity (Wildman–Crippen MR) is 70.4 cm³/mol. The molecule has 0 aromatic rings. The van der Waals surface area contributed by atoms with E-state index in [9.17, 15) is 0 Å². The predicted octanol–water partition coefficient (Wildman–Crippen LogP) is 2.83.